The van der Waals surface area contributed by atoms with Crippen LogP contribution in [0.2, 0.25) is 0 Å². The lowest BCUT2D eigenvalue weighted by Gasteiger charge is -2.03. The smallest absolute Gasteiger partial charge is 0.267 e. The largest absolute Gasteiger partial charge is 0.354 e. The van der Waals surface area contributed by atoms with Crippen LogP contribution in [0.1, 0.15) is 42.5 Å². The SMILES string of the molecule is C/C=C\c1c(C)cc(C(=O)NC)n1C.CC. The van der Waals surface area contributed by atoms with Gasteiger partial charge in [-0.15, -0.1) is 0 Å². The van der Waals surface area contributed by atoms with E-state index in [0.717, 1.165) is 11.3 Å². The molecule has 3 heteroatoms. The molecule has 0 saturated carbocycles. The molecule has 1 amide bonds. The Morgan fingerprint density at radius 1 is 1.44 bits per heavy atom. The highest BCUT2D eigenvalue weighted by Gasteiger charge is 2.12. The van der Waals surface area contributed by atoms with Crippen LogP contribution in [-0.4, -0.2) is 17.5 Å². The minimum atomic E-state index is -0.0497. The Kier molecular flexibility index (Phi) is 6.23. The molecule has 0 saturated heterocycles. The van der Waals surface area contributed by atoms with Crippen molar-refractivity contribution in [1.82, 2.24) is 9.88 Å². The first-order valence-electron chi connectivity index (χ1n) is 5.63. The molecule has 0 bridgehead atoms. The van der Waals surface area contributed by atoms with Crippen LogP contribution in [-0.2, 0) is 7.05 Å². The highest BCUT2D eigenvalue weighted by atomic mass is 16.1. The number of carbonyl (C=O) groups is 1. The summed E-state index contributed by atoms with van der Waals surface area (Å²) < 4.78 is 1.90. The average Bonchev–Trinajstić information content (AvgIpc) is 2.59. The quantitative estimate of drug-likeness (QED) is 0.820. The first-order valence-corrected chi connectivity index (χ1v) is 5.63. The fourth-order valence-electron chi connectivity index (χ4n) is 1.52. The number of hydrogen-bond acceptors (Lipinski definition) is 1. The molecule has 1 N–H and O–H groups in total. The molecule has 0 aromatic carbocycles. The lowest BCUT2D eigenvalue weighted by atomic mass is 10.2. The molecule has 1 aromatic heterocycles. The van der Waals surface area contributed by atoms with Crippen molar-refractivity contribution in [3.8, 4) is 0 Å². The molecule has 0 aliphatic carbocycles. The molecule has 1 rings (SSSR count). The van der Waals surface area contributed by atoms with Crippen LogP contribution >= 0.6 is 0 Å². The van der Waals surface area contributed by atoms with Gasteiger partial charge in [-0.2, -0.15) is 0 Å². The van der Waals surface area contributed by atoms with Gasteiger partial charge in [0.2, 0.25) is 0 Å². The Bertz CT molecular complexity index is 376. The van der Waals surface area contributed by atoms with Crippen molar-refractivity contribution in [3.05, 3.63) is 29.1 Å². The Hall–Kier alpha value is -1.51. The van der Waals surface area contributed by atoms with Crippen molar-refractivity contribution in [2.75, 3.05) is 7.05 Å². The van der Waals surface area contributed by atoms with Crippen LogP contribution in [0.25, 0.3) is 6.08 Å². The maximum absolute atomic E-state index is 11.4. The highest BCUT2D eigenvalue weighted by molar-refractivity contribution is 5.93. The number of aromatic nitrogens is 1. The van der Waals surface area contributed by atoms with Crippen LogP contribution in [0.15, 0.2) is 12.1 Å². The summed E-state index contributed by atoms with van der Waals surface area (Å²) in [6.45, 7) is 7.97. The lowest BCUT2D eigenvalue weighted by Crippen LogP contribution is -2.20. The molecule has 16 heavy (non-hydrogen) atoms. The van der Waals surface area contributed by atoms with Gasteiger partial charge in [-0.25, -0.2) is 0 Å². The van der Waals surface area contributed by atoms with Crippen molar-refractivity contribution in [2.24, 2.45) is 7.05 Å². The third kappa shape index (κ3) is 2.99. The van der Waals surface area contributed by atoms with E-state index in [1.165, 1.54) is 0 Å². The number of carbonyl (C=O) groups excluding carboxylic acids is 1. The fourth-order valence-corrected chi connectivity index (χ4v) is 1.52. The molecule has 0 aliphatic rings. The summed E-state index contributed by atoms with van der Waals surface area (Å²) in [6.07, 6.45) is 3.97. The van der Waals surface area contributed by atoms with Gasteiger partial charge in [-0.3, -0.25) is 4.79 Å². The zero-order chi connectivity index (χ0) is 12.7. The molecule has 0 fully saturated rings. The van der Waals surface area contributed by atoms with Gasteiger partial charge >= 0.3 is 0 Å². The summed E-state index contributed by atoms with van der Waals surface area (Å²) in [5, 5.41) is 2.62. The molecule has 0 radical (unpaired) electrons. The number of hydrogen-bond donors (Lipinski definition) is 1. The Labute approximate surface area is 98.2 Å². The maximum Gasteiger partial charge on any atom is 0.267 e. The minimum absolute atomic E-state index is 0.0497. The van der Waals surface area contributed by atoms with Gasteiger partial charge in [-0.1, -0.05) is 19.9 Å². The van der Waals surface area contributed by atoms with E-state index >= 15 is 0 Å². The van der Waals surface area contributed by atoms with Crippen LogP contribution in [0.5, 0.6) is 0 Å². The summed E-state index contributed by atoms with van der Waals surface area (Å²) in [5.74, 6) is -0.0497. The van der Waals surface area contributed by atoms with Gasteiger partial charge < -0.3 is 9.88 Å². The van der Waals surface area contributed by atoms with E-state index < -0.39 is 0 Å². The van der Waals surface area contributed by atoms with E-state index in [1.807, 2.05) is 57.5 Å². The van der Waals surface area contributed by atoms with Gasteiger partial charge in [0.05, 0.1) is 0 Å². The predicted molar refractivity (Wildman–Crippen MR) is 69.6 cm³/mol. The number of nitrogens with one attached hydrogen (secondary N) is 1. The van der Waals surface area contributed by atoms with E-state index in [1.54, 1.807) is 7.05 Å². The standard InChI is InChI=1S/C11H16N2O.C2H6/c1-5-6-9-8(2)7-10(13(9)4)11(14)12-3;1-2/h5-7H,1-4H3,(H,12,14);1-2H3/b6-5-;. The van der Waals surface area contributed by atoms with Crippen LogP contribution in [0.4, 0.5) is 0 Å². The summed E-state index contributed by atoms with van der Waals surface area (Å²) in [5.41, 5.74) is 2.88. The molecule has 0 unspecified atom stereocenters. The molecule has 1 heterocycles. The Morgan fingerprint density at radius 3 is 2.44 bits per heavy atom. The van der Waals surface area contributed by atoms with E-state index in [4.69, 9.17) is 0 Å². The van der Waals surface area contributed by atoms with E-state index in [-0.39, 0.29) is 5.91 Å². The second kappa shape index (κ2) is 6.88. The molecular weight excluding hydrogens is 200 g/mol. The lowest BCUT2D eigenvalue weighted by molar-refractivity contribution is 0.0955. The zero-order valence-electron chi connectivity index (χ0n) is 11.1. The molecule has 3 nitrogen and oxygen atoms in total. The van der Waals surface area contributed by atoms with Gasteiger partial charge in [-0.05, 0) is 31.6 Å². The van der Waals surface area contributed by atoms with Crippen molar-refractivity contribution in [3.63, 3.8) is 0 Å². The monoisotopic (exact) mass is 222 g/mol. The number of allylic oxidation sites excluding steroid dienone is 1. The minimum Gasteiger partial charge on any atom is -0.354 e. The number of amides is 1. The Morgan fingerprint density at radius 2 is 2.00 bits per heavy atom. The normalized spacial score (nSPS) is 9.88. The van der Waals surface area contributed by atoms with Crippen molar-refractivity contribution < 1.29 is 4.79 Å². The molecule has 0 atom stereocenters. The van der Waals surface area contributed by atoms with Crippen molar-refractivity contribution >= 4 is 12.0 Å². The van der Waals surface area contributed by atoms with E-state index in [2.05, 4.69) is 5.32 Å². The van der Waals surface area contributed by atoms with E-state index in [9.17, 15) is 4.79 Å². The third-order valence-electron chi connectivity index (χ3n) is 2.26. The summed E-state index contributed by atoms with van der Waals surface area (Å²) in [6, 6.07) is 1.90. The first kappa shape index (κ1) is 14.5. The first-order chi connectivity index (χ1) is 7.61. The van der Waals surface area contributed by atoms with E-state index in [0.29, 0.717) is 5.69 Å². The van der Waals surface area contributed by atoms with Crippen LogP contribution in [0, 0.1) is 6.92 Å². The van der Waals surface area contributed by atoms with Gasteiger partial charge in [0.15, 0.2) is 0 Å². The summed E-state index contributed by atoms with van der Waals surface area (Å²) in [4.78, 5) is 11.4. The van der Waals surface area contributed by atoms with Crippen molar-refractivity contribution in [2.45, 2.75) is 27.7 Å². The number of rotatable bonds is 2. The fraction of sp³-hybridized carbons (Fsp3) is 0.462. The molecule has 0 aliphatic heterocycles. The molecule has 90 valence electrons. The number of aryl methyl sites for hydroxylation is 1. The summed E-state index contributed by atoms with van der Waals surface area (Å²) in [7, 11) is 3.53. The molecule has 1 aromatic rings. The Balaban J connectivity index is 0.00000106. The van der Waals surface area contributed by atoms with Crippen LogP contribution < -0.4 is 5.32 Å². The third-order valence-corrected chi connectivity index (χ3v) is 2.26. The maximum atomic E-state index is 11.4. The van der Waals surface area contributed by atoms with Crippen molar-refractivity contribution in [1.29, 1.82) is 0 Å². The van der Waals surface area contributed by atoms with Gasteiger partial charge in [0.1, 0.15) is 5.69 Å². The topological polar surface area (TPSA) is 34.0 Å². The highest BCUT2D eigenvalue weighted by Crippen LogP contribution is 2.15. The van der Waals surface area contributed by atoms with Gasteiger partial charge in [0, 0.05) is 19.8 Å². The summed E-state index contributed by atoms with van der Waals surface area (Å²) >= 11 is 0. The molecule has 0 spiro atoms. The molecular formula is C13H22N2O. The second-order valence-corrected chi connectivity index (χ2v) is 3.24. The average molecular weight is 222 g/mol. The zero-order valence-corrected chi connectivity index (χ0v) is 11.1. The second-order valence-electron chi connectivity index (χ2n) is 3.24. The van der Waals surface area contributed by atoms with Gasteiger partial charge in [0.25, 0.3) is 5.91 Å². The predicted octanol–water partition coefficient (Wildman–Crippen LogP) is 2.75. The van der Waals surface area contributed by atoms with Crippen LogP contribution in [0.3, 0.4) is 0 Å². The number of nitrogens with zero attached hydrogens (tertiary/aromatic N) is 1.